The van der Waals surface area contributed by atoms with Crippen LogP contribution in [0.4, 0.5) is 0 Å². The summed E-state index contributed by atoms with van der Waals surface area (Å²) in [5, 5.41) is 12.9. The molecule has 0 fully saturated rings. The minimum absolute atomic E-state index is 0.299. The lowest BCUT2D eigenvalue weighted by Gasteiger charge is -2.13. The van der Waals surface area contributed by atoms with Gasteiger partial charge in [-0.2, -0.15) is 0 Å². The van der Waals surface area contributed by atoms with E-state index in [1.807, 2.05) is 30.3 Å². The molecule has 5 heteroatoms. The summed E-state index contributed by atoms with van der Waals surface area (Å²) in [7, 11) is 3.07. The van der Waals surface area contributed by atoms with E-state index in [0.717, 1.165) is 16.5 Å². The molecule has 0 bridgehead atoms. The number of nitrogens with zero attached hydrogens (tertiary/aromatic N) is 1. The second kappa shape index (κ2) is 5.77. The number of carboxylic acids is 1. The molecule has 0 N–H and O–H groups in total. The number of fused-ring (bicyclic) bond motifs is 1. The Bertz CT molecular complexity index is 639. The van der Waals surface area contributed by atoms with Crippen LogP contribution in [0.1, 0.15) is 12.6 Å². The quantitative estimate of drug-likeness (QED) is 0.727. The van der Waals surface area contributed by atoms with Gasteiger partial charge in [-0.1, -0.05) is 25.1 Å². The van der Waals surface area contributed by atoms with Gasteiger partial charge in [0, 0.05) is 18.3 Å². The summed E-state index contributed by atoms with van der Waals surface area (Å²) in [6, 6.07) is 9.56. The lowest BCUT2D eigenvalue weighted by molar-refractivity contribution is -0.891. The van der Waals surface area contributed by atoms with Gasteiger partial charge in [-0.25, -0.2) is 0 Å². The zero-order valence-corrected chi connectivity index (χ0v) is 11.8. The number of hydrogen-bond acceptors (Lipinski definition) is 4. The molecule has 20 heavy (non-hydrogen) atoms. The van der Waals surface area contributed by atoms with Gasteiger partial charge < -0.3 is 14.6 Å². The summed E-state index contributed by atoms with van der Waals surface area (Å²) in [4.78, 5) is 16.3. The normalized spacial score (nSPS) is 12.2. The summed E-state index contributed by atoms with van der Waals surface area (Å²) < 4.78 is 6.82. The maximum atomic E-state index is 11.0. The molecule has 0 aliphatic heterocycles. The number of carbonyl (C=O) groups is 1. The second-order valence-electron chi connectivity index (χ2n) is 4.62. The summed E-state index contributed by atoms with van der Waals surface area (Å²) >= 11 is 0. The first-order chi connectivity index (χ1) is 9.58. The van der Waals surface area contributed by atoms with Crippen LogP contribution in [0.25, 0.3) is 10.8 Å². The minimum Gasteiger partial charge on any atom is -0.550 e. The standard InChI is InChI=1S/C15H17NO4/c1-10(15(17)18)8-13-12-7-5-4-6-11(12)9-14(19-2)16(13)20-3/h4-7,9-10H,8H2,1-3H3. The third-order valence-corrected chi connectivity index (χ3v) is 3.29. The van der Waals surface area contributed by atoms with E-state index in [1.165, 1.54) is 11.8 Å². The molecule has 2 aromatic rings. The van der Waals surface area contributed by atoms with Gasteiger partial charge in [-0.05, 0) is 11.5 Å². The van der Waals surface area contributed by atoms with Crippen molar-refractivity contribution >= 4 is 16.7 Å². The van der Waals surface area contributed by atoms with Gasteiger partial charge in [0.15, 0.2) is 0 Å². The van der Waals surface area contributed by atoms with Crippen LogP contribution in [0.5, 0.6) is 5.88 Å². The molecule has 5 nitrogen and oxygen atoms in total. The lowest BCUT2D eigenvalue weighted by Crippen LogP contribution is -2.47. The van der Waals surface area contributed by atoms with E-state index in [0.29, 0.717) is 12.3 Å². The van der Waals surface area contributed by atoms with E-state index in [1.54, 1.807) is 14.0 Å². The van der Waals surface area contributed by atoms with Crippen molar-refractivity contribution in [2.24, 2.45) is 5.92 Å². The van der Waals surface area contributed by atoms with Crippen molar-refractivity contribution in [1.82, 2.24) is 0 Å². The van der Waals surface area contributed by atoms with E-state index in [2.05, 4.69) is 0 Å². The molecule has 1 unspecified atom stereocenters. The van der Waals surface area contributed by atoms with Crippen molar-refractivity contribution in [1.29, 1.82) is 0 Å². The van der Waals surface area contributed by atoms with Crippen molar-refractivity contribution in [3.8, 4) is 5.88 Å². The Labute approximate surface area is 117 Å². The average Bonchev–Trinajstić information content (AvgIpc) is 2.46. The maximum absolute atomic E-state index is 11.0. The third-order valence-electron chi connectivity index (χ3n) is 3.29. The number of hydrogen-bond donors (Lipinski definition) is 0. The molecular formula is C15H17NO4. The predicted molar refractivity (Wildman–Crippen MR) is 71.1 cm³/mol. The van der Waals surface area contributed by atoms with Gasteiger partial charge in [-0.3, -0.25) is 4.84 Å². The molecule has 1 aromatic carbocycles. The average molecular weight is 275 g/mol. The van der Waals surface area contributed by atoms with Crippen molar-refractivity contribution < 1.29 is 24.2 Å². The van der Waals surface area contributed by atoms with Crippen LogP contribution < -0.4 is 19.4 Å². The van der Waals surface area contributed by atoms with Gasteiger partial charge >= 0.3 is 5.88 Å². The lowest BCUT2D eigenvalue weighted by atomic mass is 10.0. The number of pyridine rings is 1. The molecule has 1 aromatic heterocycles. The van der Waals surface area contributed by atoms with Crippen molar-refractivity contribution in [3.63, 3.8) is 0 Å². The van der Waals surface area contributed by atoms with E-state index < -0.39 is 11.9 Å². The minimum atomic E-state index is -1.08. The zero-order chi connectivity index (χ0) is 14.7. The Kier molecular flexibility index (Phi) is 4.08. The largest absolute Gasteiger partial charge is 0.550 e. The molecule has 0 aliphatic carbocycles. The molecule has 0 saturated carbocycles. The fourth-order valence-corrected chi connectivity index (χ4v) is 2.23. The molecule has 0 saturated heterocycles. The monoisotopic (exact) mass is 275 g/mol. The summed E-state index contributed by atoms with van der Waals surface area (Å²) in [5.74, 6) is -1.18. The Morgan fingerprint density at radius 3 is 2.65 bits per heavy atom. The van der Waals surface area contributed by atoms with Gasteiger partial charge in [0.25, 0.3) is 0 Å². The van der Waals surface area contributed by atoms with Gasteiger partial charge in [0.2, 0.25) is 5.69 Å². The van der Waals surface area contributed by atoms with Crippen molar-refractivity contribution in [2.75, 3.05) is 14.2 Å². The van der Waals surface area contributed by atoms with Crippen LogP contribution in [0.3, 0.4) is 0 Å². The first-order valence-electron chi connectivity index (χ1n) is 6.34. The van der Waals surface area contributed by atoms with Crippen LogP contribution in [-0.4, -0.2) is 20.2 Å². The van der Waals surface area contributed by atoms with Crippen LogP contribution in [-0.2, 0) is 11.2 Å². The van der Waals surface area contributed by atoms with Gasteiger partial charge in [0.1, 0.15) is 7.11 Å². The summed E-state index contributed by atoms with van der Waals surface area (Å²) in [5.41, 5.74) is 0.749. The van der Waals surface area contributed by atoms with E-state index in [4.69, 9.17) is 9.57 Å². The Hall–Kier alpha value is -2.30. The molecule has 2 rings (SSSR count). The molecular weight excluding hydrogens is 258 g/mol. The summed E-state index contributed by atoms with van der Waals surface area (Å²) in [6.45, 7) is 1.61. The number of rotatable bonds is 5. The van der Waals surface area contributed by atoms with Crippen molar-refractivity contribution in [2.45, 2.75) is 13.3 Å². The predicted octanol–water partition coefficient (Wildman–Crippen LogP) is 0.123. The number of carboxylic acid groups (broad SMARTS) is 1. The maximum Gasteiger partial charge on any atom is 0.417 e. The van der Waals surface area contributed by atoms with Crippen LogP contribution in [0.2, 0.25) is 0 Å². The number of methoxy groups -OCH3 is 1. The zero-order valence-electron chi connectivity index (χ0n) is 11.8. The third kappa shape index (κ3) is 2.52. The molecule has 1 heterocycles. The van der Waals surface area contributed by atoms with Gasteiger partial charge in [0.05, 0.1) is 23.3 Å². The first-order valence-corrected chi connectivity index (χ1v) is 6.34. The SMILES string of the molecule is COc1cc2ccccc2c(CC(C)C(=O)[O-])[n+]1OC. The first kappa shape index (κ1) is 14.1. The highest BCUT2D eigenvalue weighted by Crippen LogP contribution is 2.22. The van der Waals surface area contributed by atoms with Crippen LogP contribution in [0, 0.1) is 5.92 Å². The second-order valence-corrected chi connectivity index (χ2v) is 4.62. The van der Waals surface area contributed by atoms with Crippen molar-refractivity contribution in [3.05, 3.63) is 36.0 Å². The number of ether oxygens (including phenoxy) is 1. The fraction of sp³-hybridized carbons (Fsp3) is 0.333. The number of carbonyl (C=O) groups excluding carboxylic acids is 1. The van der Waals surface area contributed by atoms with Crippen LogP contribution in [0.15, 0.2) is 30.3 Å². The smallest absolute Gasteiger partial charge is 0.417 e. The molecule has 0 spiro atoms. The molecule has 0 radical (unpaired) electrons. The number of benzene rings is 1. The van der Waals surface area contributed by atoms with Gasteiger partial charge in [-0.15, -0.1) is 0 Å². The number of aromatic nitrogens is 1. The van der Waals surface area contributed by atoms with E-state index in [9.17, 15) is 9.90 Å². The Morgan fingerprint density at radius 1 is 1.35 bits per heavy atom. The van der Waals surface area contributed by atoms with Crippen LogP contribution >= 0.6 is 0 Å². The Balaban J connectivity index is 2.66. The number of aliphatic carboxylic acids is 1. The fourth-order valence-electron chi connectivity index (χ4n) is 2.23. The van der Waals surface area contributed by atoms with E-state index in [-0.39, 0.29) is 0 Å². The molecule has 0 aliphatic rings. The Morgan fingerprint density at radius 2 is 2.05 bits per heavy atom. The van der Waals surface area contributed by atoms with E-state index >= 15 is 0 Å². The highest BCUT2D eigenvalue weighted by Gasteiger charge is 2.25. The molecule has 106 valence electrons. The highest BCUT2D eigenvalue weighted by atomic mass is 16.7. The molecule has 0 amide bonds. The summed E-state index contributed by atoms with van der Waals surface area (Å²) in [6.07, 6.45) is 0.299. The molecule has 1 atom stereocenters. The highest BCUT2D eigenvalue weighted by molar-refractivity contribution is 5.84. The topological polar surface area (TPSA) is 62.5 Å².